The number of sulfonamides is 1. The lowest BCUT2D eigenvalue weighted by Gasteiger charge is -2.34. The molecule has 0 unspecified atom stereocenters. The molecule has 0 aliphatic carbocycles. The summed E-state index contributed by atoms with van der Waals surface area (Å²) in [4.78, 5) is 0.232. The van der Waals surface area contributed by atoms with Crippen molar-refractivity contribution in [3.8, 4) is 0 Å². The Morgan fingerprint density at radius 1 is 1.04 bits per heavy atom. The number of hydrogen-bond donors (Lipinski definition) is 1. The highest BCUT2D eigenvalue weighted by atomic mass is 32.2. The van der Waals surface area contributed by atoms with E-state index < -0.39 is 16.3 Å². The number of benzene rings is 2. The van der Waals surface area contributed by atoms with Gasteiger partial charge in [-0.1, -0.05) is 43.7 Å². The molecule has 1 fully saturated rings. The third-order valence-electron chi connectivity index (χ3n) is 3.99. The van der Waals surface area contributed by atoms with Crippen molar-refractivity contribution in [2.75, 3.05) is 17.9 Å². The topological polar surface area (TPSA) is 64.6 Å². The van der Waals surface area contributed by atoms with Crippen LogP contribution in [0, 0.1) is 12.3 Å². The van der Waals surface area contributed by atoms with E-state index in [1.807, 2.05) is 13.0 Å². The molecule has 0 spiro atoms. The van der Waals surface area contributed by atoms with Gasteiger partial charge in [0.05, 0.1) is 18.1 Å². The third-order valence-corrected chi connectivity index (χ3v) is 5.39. The quantitative estimate of drug-likeness (QED) is 0.898. The molecule has 0 atom stereocenters. The molecular weight excluding hydrogens is 338 g/mol. The number of ether oxygens (including phenoxy) is 2. The van der Waals surface area contributed by atoms with Gasteiger partial charge in [-0.25, -0.2) is 8.42 Å². The Morgan fingerprint density at radius 3 is 2.32 bits per heavy atom. The first-order chi connectivity index (χ1) is 11.8. The first-order valence-corrected chi connectivity index (χ1v) is 9.66. The Hall–Kier alpha value is -1.89. The van der Waals surface area contributed by atoms with E-state index in [1.165, 1.54) is 0 Å². The van der Waals surface area contributed by atoms with E-state index in [4.69, 9.17) is 9.47 Å². The number of rotatable bonds is 4. The van der Waals surface area contributed by atoms with Crippen molar-refractivity contribution in [1.82, 2.24) is 0 Å². The fraction of sp³-hybridized carbons (Fsp3) is 0.368. The Balaban J connectivity index is 1.77. The Labute approximate surface area is 149 Å². The Bertz CT molecular complexity index is 834. The van der Waals surface area contributed by atoms with Crippen molar-refractivity contribution in [3.63, 3.8) is 0 Å². The highest BCUT2D eigenvalue weighted by Crippen LogP contribution is 2.32. The molecule has 3 rings (SSSR count). The summed E-state index contributed by atoms with van der Waals surface area (Å²) >= 11 is 0. The predicted molar refractivity (Wildman–Crippen MR) is 96.9 cm³/mol. The van der Waals surface area contributed by atoms with Crippen LogP contribution < -0.4 is 4.72 Å². The molecule has 0 bridgehead atoms. The number of hydrogen-bond acceptors (Lipinski definition) is 4. The normalized spacial score (nSPS) is 18.0. The maximum absolute atomic E-state index is 12.5. The van der Waals surface area contributed by atoms with Crippen LogP contribution in [0.1, 0.15) is 31.3 Å². The largest absolute Gasteiger partial charge is 0.348 e. The first kappa shape index (κ1) is 17.9. The van der Waals surface area contributed by atoms with Gasteiger partial charge in [-0.2, -0.15) is 0 Å². The number of aryl methyl sites for hydroxylation is 1. The van der Waals surface area contributed by atoms with Gasteiger partial charge >= 0.3 is 0 Å². The lowest BCUT2D eigenvalue weighted by atomic mass is 9.95. The Kier molecular flexibility index (Phi) is 4.86. The third kappa shape index (κ3) is 4.39. The van der Waals surface area contributed by atoms with Crippen LogP contribution in [0.2, 0.25) is 0 Å². The van der Waals surface area contributed by atoms with Crippen LogP contribution in [0.5, 0.6) is 0 Å². The Morgan fingerprint density at radius 2 is 1.68 bits per heavy atom. The summed E-state index contributed by atoms with van der Waals surface area (Å²) in [5, 5.41) is 0. The minimum Gasteiger partial charge on any atom is -0.348 e. The van der Waals surface area contributed by atoms with Crippen molar-refractivity contribution in [2.24, 2.45) is 5.41 Å². The summed E-state index contributed by atoms with van der Waals surface area (Å²) in [6.07, 6.45) is -0.475. The molecular formula is C19H23NO4S. The number of nitrogens with one attached hydrogen (secondary N) is 1. The van der Waals surface area contributed by atoms with Crippen LogP contribution in [0.3, 0.4) is 0 Å². The van der Waals surface area contributed by atoms with Crippen LogP contribution in [-0.2, 0) is 19.5 Å². The molecule has 1 aliphatic heterocycles. The molecule has 1 heterocycles. The first-order valence-electron chi connectivity index (χ1n) is 8.18. The van der Waals surface area contributed by atoms with E-state index in [0.717, 1.165) is 11.1 Å². The second kappa shape index (κ2) is 6.78. The number of anilines is 1. The summed E-state index contributed by atoms with van der Waals surface area (Å²) in [6, 6.07) is 13.8. The van der Waals surface area contributed by atoms with Crippen molar-refractivity contribution in [3.05, 3.63) is 59.7 Å². The molecule has 1 aliphatic rings. The zero-order valence-electron chi connectivity index (χ0n) is 14.7. The van der Waals surface area contributed by atoms with Gasteiger partial charge in [0.2, 0.25) is 0 Å². The second-order valence-corrected chi connectivity index (χ2v) is 8.84. The van der Waals surface area contributed by atoms with Gasteiger partial charge in [0.1, 0.15) is 0 Å². The monoisotopic (exact) mass is 361 g/mol. The van der Waals surface area contributed by atoms with Gasteiger partial charge in [0.25, 0.3) is 10.0 Å². The van der Waals surface area contributed by atoms with Crippen LogP contribution in [-0.4, -0.2) is 21.6 Å². The van der Waals surface area contributed by atoms with E-state index in [9.17, 15) is 8.42 Å². The molecule has 0 amide bonds. The van der Waals surface area contributed by atoms with E-state index in [-0.39, 0.29) is 10.3 Å². The standard InChI is InChI=1S/C19H23NO4S/c1-14-7-9-17(10-8-14)25(21,22)20-16-6-4-5-15(11-16)18-23-12-19(2,3)13-24-18/h4-11,18,20H,12-13H2,1-3H3. The molecule has 1 saturated heterocycles. The van der Waals surface area contributed by atoms with Gasteiger partial charge in [0, 0.05) is 16.7 Å². The van der Waals surface area contributed by atoms with E-state index in [1.54, 1.807) is 42.5 Å². The SMILES string of the molecule is Cc1ccc(S(=O)(=O)Nc2cccc(C3OCC(C)(C)CO3)c2)cc1. The summed E-state index contributed by atoms with van der Waals surface area (Å²) in [6.45, 7) is 7.26. The fourth-order valence-electron chi connectivity index (χ4n) is 2.57. The lowest BCUT2D eigenvalue weighted by Crippen LogP contribution is -2.33. The molecule has 2 aromatic rings. The van der Waals surface area contributed by atoms with E-state index in [0.29, 0.717) is 18.9 Å². The summed E-state index contributed by atoms with van der Waals surface area (Å²) < 4.78 is 39.2. The fourth-order valence-corrected chi connectivity index (χ4v) is 3.61. The second-order valence-electron chi connectivity index (χ2n) is 7.16. The molecule has 0 radical (unpaired) electrons. The van der Waals surface area contributed by atoms with Crippen LogP contribution in [0.4, 0.5) is 5.69 Å². The highest BCUT2D eigenvalue weighted by molar-refractivity contribution is 7.92. The summed E-state index contributed by atoms with van der Waals surface area (Å²) in [5.41, 5.74) is 2.27. The summed E-state index contributed by atoms with van der Waals surface area (Å²) in [7, 11) is -3.63. The average Bonchev–Trinajstić information content (AvgIpc) is 2.55. The molecule has 134 valence electrons. The molecule has 2 aromatic carbocycles. The maximum atomic E-state index is 12.5. The molecule has 25 heavy (non-hydrogen) atoms. The van der Waals surface area contributed by atoms with Crippen LogP contribution in [0.15, 0.2) is 53.4 Å². The van der Waals surface area contributed by atoms with E-state index in [2.05, 4.69) is 18.6 Å². The van der Waals surface area contributed by atoms with E-state index >= 15 is 0 Å². The zero-order chi connectivity index (χ0) is 18.1. The minimum absolute atomic E-state index is 0.0128. The molecule has 6 heteroatoms. The van der Waals surface area contributed by atoms with Crippen molar-refractivity contribution < 1.29 is 17.9 Å². The van der Waals surface area contributed by atoms with Crippen molar-refractivity contribution >= 4 is 15.7 Å². The van der Waals surface area contributed by atoms with Crippen LogP contribution in [0.25, 0.3) is 0 Å². The average molecular weight is 361 g/mol. The van der Waals surface area contributed by atoms with Crippen LogP contribution >= 0.6 is 0 Å². The molecule has 0 saturated carbocycles. The lowest BCUT2D eigenvalue weighted by molar-refractivity contribution is -0.226. The van der Waals surface area contributed by atoms with Crippen molar-refractivity contribution in [1.29, 1.82) is 0 Å². The summed E-state index contributed by atoms with van der Waals surface area (Å²) in [5.74, 6) is 0. The van der Waals surface area contributed by atoms with Gasteiger partial charge in [-0.15, -0.1) is 0 Å². The van der Waals surface area contributed by atoms with Gasteiger partial charge < -0.3 is 9.47 Å². The zero-order valence-corrected chi connectivity index (χ0v) is 15.5. The molecule has 5 nitrogen and oxygen atoms in total. The highest BCUT2D eigenvalue weighted by Gasteiger charge is 2.29. The molecule has 1 N–H and O–H groups in total. The van der Waals surface area contributed by atoms with Gasteiger partial charge in [-0.05, 0) is 31.2 Å². The smallest absolute Gasteiger partial charge is 0.261 e. The molecule has 0 aromatic heterocycles. The predicted octanol–water partition coefficient (Wildman–Crippen LogP) is 3.87. The van der Waals surface area contributed by atoms with Gasteiger partial charge in [-0.3, -0.25) is 4.72 Å². The van der Waals surface area contributed by atoms with Crippen molar-refractivity contribution in [2.45, 2.75) is 32.0 Å². The minimum atomic E-state index is -3.63. The van der Waals surface area contributed by atoms with Gasteiger partial charge in [0.15, 0.2) is 6.29 Å². The maximum Gasteiger partial charge on any atom is 0.261 e.